The lowest BCUT2D eigenvalue weighted by atomic mass is 9.78. The van der Waals surface area contributed by atoms with Crippen LogP contribution >= 0.6 is 0 Å². The highest BCUT2D eigenvalue weighted by molar-refractivity contribution is 5.41. The lowest BCUT2D eigenvalue weighted by Crippen LogP contribution is -2.18. The van der Waals surface area contributed by atoms with Crippen LogP contribution in [-0.2, 0) is 12.0 Å². The normalized spacial score (nSPS) is 11.4. The van der Waals surface area contributed by atoms with Crippen LogP contribution in [0.25, 0.3) is 11.7 Å². The lowest BCUT2D eigenvalue weighted by molar-refractivity contribution is 0.301. The van der Waals surface area contributed by atoms with Crippen LogP contribution in [0.5, 0.6) is 5.75 Å². The molecule has 6 heteroatoms. The van der Waals surface area contributed by atoms with E-state index in [1.54, 1.807) is 12.3 Å². The standard InChI is InChI=1S/C23H22N4O2/c1-16-4-6-17(7-5-16)23(2,3)18-8-10-20(11-9-18)28-14-19-12-13-24-21(26-19)22-27-25-15-29-22/h4-13,15H,14H2,1-3H3. The molecular weight excluding hydrogens is 364 g/mol. The van der Waals surface area contributed by atoms with Crippen LogP contribution in [0.1, 0.15) is 36.2 Å². The molecule has 2 heterocycles. The first-order valence-electron chi connectivity index (χ1n) is 9.41. The molecule has 0 spiro atoms. The molecule has 2 aromatic carbocycles. The van der Waals surface area contributed by atoms with Crippen LogP contribution in [0, 0.1) is 6.92 Å². The molecule has 4 rings (SSSR count). The van der Waals surface area contributed by atoms with E-state index in [2.05, 4.69) is 77.3 Å². The zero-order valence-corrected chi connectivity index (χ0v) is 16.7. The van der Waals surface area contributed by atoms with Crippen molar-refractivity contribution in [2.45, 2.75) is 32.8 Å². The van der Waals surface area contributed by atoms with Crippen LogP contribution in [-0.4, -0.2) is 20.2 Å². The summed E-state index contributed by atoms with van der Waals surface area (Å²) in [5.74, 6) is 1.46. The van der Waals surface area contributed by atoms with Crippen molar-refractivity contribution >= 4 is 0 Å². The van der Waals surface area contributed by atoms with Gasteiger partial charge in [-0.2, -0.15) is 0 Å². The van der Waals surface area contributed by atoms with Gasteiger partial charge in [0.1, 0.15) is 12.4 Å². The summed E-state index contributed by atoms with van der Waals surface area (Å²) >= 11 is 0. The highest BCUT2D eigenvalue weighted by atomic mass is 16.5. The zero-order chi connectivity index (χ0) is 20.3. The van der Waals surface area contributed by atoms with Crippen LogP contribution in [0.15, 0.2) is 71.6 Å². The summed E-state index contributed by atoms with van der Waals surface area (Å²) in [6.07, 6.45) is 2.90. The third-order valence-corrected chi connectivity index (χ3v) is 5.00. The van der Waals surface area contributed by atoms with Gasteiger partial charge < -0.3 is 9.15 Å². The molecule has 2 aromatic heterocycles. The second kappa shape index (κ2) is 7.83. The zero-order valence-electron chi connectivity index (χ0n) is 16.7. The first-order chi connectivity index (χ1) is 14.0. The van der Waals surface area contributed by atoms with Gasteiger partial charge in [-0.05, 0) is 36.2 Å². The Kier molecular flexibility index (Phi) is 5.08. The number of benzene rings is 2. The van der Waals surface area contributed by atoms with Crippen molar-refractivity contribution in [2.24, 2.45) is 0 Å². The van der Waals surface area contributed by atoms with Crippen molar-refractivity contribution in [2.75, 3.05) is 0 Å². The van der Waals surface area contributed by atoms with Gasteiger partial charge in [-0.25, -0.2) is 9.97 Å². The Hall–Kier alpha value is -3.54. The number of aryl methyl sites for hydroxylation is 1. The number of rotatable bonds is 6. The van der Waals surface area contributed by atoms with E-state index in [-0.39, 0.29) is 11.3 Å². The largest absolute Gasteiger partial charge is 0.487 e. The maximum Gasteiger partial charge on any atom is 0.285 e. The molecule has 0 N–H and O–H groups in total. The Bertz CT molecular complexity index is 1070. The van der Waals surface area contributed by atoms with E-state index < -0.39 is 0 Å². The van der Waals surface area contributed by atoms with Crippen molar-refractivity contribution in [3.63, 3.8) is 0 Å². The summed E-state index contributed by atoms with van der Waals surface area (Å²) in [6.45, 7) is 6.89. The predicted octanol–water partition coefficient (Wildman–Crippen LogP) is 4.74. The van der Waals surface area contributed by atoms with Gasteiger partial charge in [0.2, 0.25) is 12.2 Å². The fraction of sp³-hybridized carbons (Fsp3) is 0.217. The van der Waals surface area contributed by atoms with E-state index in [0.29, 0.717) is 12.4 Å². The van der Waals surface area contributed by atoms with Gasteiger partial charge in [0.05, 0.1) is 5.69 Å². The Morgan fingerprint density at radius 3 is 2.28 bits per heavy atom. The minimum absolute atomic E-state index is 0.0855. The Balaban J connectivity index is 1.45. The third kappa shape index (κ3) is 4.16. The van der Waals surface area contributed by atoms with Gasteiger partial charge in [0.25, 0.3) is 5.89 Å². The smallest absolute Gasteiger partial charge is 0.285 e. The Morgan fingerprint density at radius 2 is 1.62 bits per heavy atom. The Morgan fingerprint density at radius 1 is 0.931 bits per heavy atom. The Labute approximate surface area is 169 Å². The van der Waals surface area contributed by atoms with Crippen molar-refractivity contribution in [3.05, 3.63) is 89.6 Å². The monoisotopic (exact) mass is 386 g/mol. The number of aromatic nitrogens is 4. The van der Waals surface area contributed by atoms with Crippen LogP contribution in [0.3, 0.4) is 0 Å². The maximum atomic E-state index is 5.90. The molecule has 6 nitrogen and oxygen atoms in total. The summed E-state index contributed by atoms with van der Waals surface area (Å²) in [6, 6.07) is 18.7. The molecule has 0 aliphatic carbocycles. The minimum atomic E-state index is -0.0855. The molecule has 0 bridgehead atoms. The van der Waals surface area contributed by atoms with E-state index in [9.17, 15) is 0 Å². The molecule has 0 atom stereocenters. The molecule has 0 amide bonds. The molecule has 4 aromatic rings. The first kappa shape index (κ1) is 18.8. The van der Waals surface area contributed by atoms with Crippen molar-refractivity contribution in [3.8, 4) is 17.5 Å². The van der Waals surface area contributed by atoms with Crippen molar-refractivity contribution in [1.29, 1.82) is 0 Å². The molecule has 146 valence electrons. The van der Waals surface area contributed by atoms with E-state index >= 15 is 0 Å². The molecule has 0 fully saturated rings. The third-order valence-electron chi connectivity index (χ3n) is 5.00. The summed E-state index contributed by atoms with van der Waals surface area (Å²) in [7, 11) is 0. The van der Waals surface area contributed by atoms with Gasteiger partial charge in [0.15, 0.2) is 0 Å². The fourth-order valence-electron chi connectivity index (χ4n) is 3.11. The predicted molar refractivity (Wildman–Crippen MR) is 109 cm³/mol. The van der Waals surface area contributed by atoms with Crippen molar-refractivity contribution < 1.29 is 9.15 Å². The molecule has 0 aliphatic heterocycles. The van der Waals surface area contributed by atoms with E-state index in [0.717, 1.165) is 11.4 Å². The van der Waals surface area contributed by atoms with Crippen LogP contribution < -0.4 is 4.74 Å². The average molecular weight is 386 g/mol. The first-order valence-corrected chi connectivity index (χ1v) is 9.41. The van der Waals surface area contributed by atoms with Gasteiger partial charge in [-0.15, -0.1) is 10.2 Å². The van der Waals surface area contributed by atoms with E-state index in [1.807, 2.05) is 12.1 Å². The number of hydrogen-bond donors (Lipinski definition) is 0. The lowest BCUT2D eigenvalue weighted by Gasteiger charge is -2.26. The molecule has 0 aliphatic rings. The maximum absolute atomic E-state index is 5.90. The van der Waals surface area contributed by atoms with Gasteiger partial charge in [-0.1, -0.05) is 55.8 Å². The second-order valence-electron chi connectivity index (χ2n) is 7.42. The van der Waals surface area contributed by atoms with E-state index in [1.165, 1.54) is 23.1 Å². The summed E-state index contributed by atoms with van der Waals surface area (Å²) in [5, 5.41) is 7.47. The topological polar surface area (TPSA) is 73.9 Å². The second-order valence-corrected chi connectivity index (χ2v) is 7.42. The molecular formula is C23H22N4O2. The SMILES string of the molecule is Cc1ccc(C(C)(C)c2ccc(OCc3ccnc(-c4nnco4)n3)cc2)cc1. The minimum Gasteiger partial charge on any atom is -0.487 e. The molecule has 0 radical (unpaired) electrons. The van der Waals surface area contributed by atoms with Gasteiger partial charge in [-0.3, -0.25) is 0 Å². The summed E-state index contributed by atoms with van der Waals surface area (Å²) < 4.78 is 11.0. The number of hydrogen-bond acceptors (Lipinski definition) is 6. The number of ether oxygens (including phenoxy) is 1. The highest BCUT2D eigenvalue weighted by Gasteiger charge is 2.22. The summed E-state index contributed by atoms with van der Waals surface area (Å²) in [4.78, 5) is 8.55. The summed E-state index contributed by atoms with van der Waals surface area (Å²) in [5.41, 5.74) is 4.43. The fourth-order valence-corrected chi connectivity index (χ4v) is 3.11. The van der Waals surface area contributed by atoms with Gasteiger partial charge in [0, 0.05) is 11.6 Å². The van der Waals surface area contributed by atoms with Crippen molar-refractivity contribution in [1.82, 2.24) is 20.2 Å². The number of nitrogens with zero attached hydrogens (tertiary/aromatic N) is 4. The van der Waals surface area contributed by atoms with Crippen LogP contribution in [0.4, 0.5) is 0 Å². The quantitative estimate of drug-likeness (QED) is 0.476. The molecule has 0 saturated heterocycles. The average Bonchev–Trinajstić information content (AvgIpc) is 3.28. The molecule has 0 saturated carbocycles. The van der Waals surface area contributed by atoms with Crippen LogP contribution in [0.2, 0.25) is 0 Å². The highest BCUT2D eigenvalue weighted by Crippen LogP contribution is 2.32. The van der Waals surface area contributed by atoms with Gasteiger partial charge >= 0.3 is 0 Å². The molecule has 0 unspecified atom stereocenters. The molecule has 29 heavy (non-hydrogen) atoms. The van der Waals surface area contributed by atoms with E-state index in [4.69, 9.17) is 9.15 Å².